The van der Waals surface area contributed by atoms with Gasteiger partial charge in [-0.3, -0.25) is 4.57 Å². The van der Waals surface area contributed by atoms with E-state index in [0.29, 0.717) is 11.7 Å². The summed E-state index contributed by atoms with van der Waals surface area (Å²) in [6, 6.07) is 0. The number of thioether (sulfide) groups is 1. The molecule has 0 saturated carbocycles. The van der Waals surface area contributed by atoms with E-state index in [1.807, 2.05) is 6.92 Å². The number of aromatic nitrogens is 2. The van der Waals surface area contributed by atoms with Crippen molar-refractivity contribution in [3.63, 3.8) is 0 Å². The summed E-state index contributed by atoms with van der Waals surface area (Å²) in [5.74, 6) is -0.132. The van der Waals surface area contributed by atoms with Crippen molar-refractivity contribution in [2.75, 3.05) is 6.61 Å². The Bertz CT molecular complexity index is 366. The number of fused-ring (bicyclic) bond motifs is 1. The molecule has 0 spiro atoms. The summed E-state index contributed by atoms with van der Waals surface area (Å²) < 4.78 is 1.41. The third-order valence-electron chi connectivity index (χ3n) is 2.09. The number of aliphatic hydroxyl groups is 1. The summed E-state index contributed by atoms with van der Waals surface area (Å²) in [5.41, 5.74) is 0. The Balaban J connectivity index is 2.28. The molecule has 1 atom stereocenters. The van der Waals surface area contributed by atoms with Crippen LogP contribution < -0.4 is 0 Å². The number of aliphatic hydroxyl groups excluding tert-OH is 1. The summed E-state index contributed by atoms with van der Waals surface area (Å²) in [6.07, 6.45) is 1.41. The highest BCUT2D eigenvalue weighted by Crippen LogP contribution is 2.40. The van der Waals surface area contributed by atoms with Crippen LogP contribution in [0.15, 0.2) is 11.4 Å². The molecule has 76 valence electrons. The van der Waals surface area contributed by atoms with Gasteiger partial charge in [-0.05, 0) is 28.6 Å². The lowest BCUT2D eigenvalue weighted by Crippen LogP contribution is -2.25. The minimum Gasteiger partial charge on any atom is -0.395 e. The van der Waals surface area contributed by atoms with Crippen LogP contribution in [0.2, 0.25) is 0 Å². The molecule has 0 aromatic carbocycles. The fourth-order valence-electron chi connectivity index (χ4n) is 1.36. The summed E-state index contributed by atoms with van der Waals surface area (Å²) in [5, 5.41) is 20.1. The molecule has 1 unspecified atom stereocenters. The van der Waals surface area contributed by atoms with Crippen molar-refractivity contribution in [3.8, 4) is 0 Å². The third-order valence-corrected chi connectivity index (χ3v) is 3.35. The van der Waals surface area contributed by atoms with Crippen LogP contribution in [0.4, 0.5) is 5.82 Å². The first-order chi connectivity index (χ1) is 6.54. The van der Waals surface area contributed by atoms with E-state index in [9.17, 15) is 10.1 Å². The maximum absolute atomic E-state index is 10.4. The van der Waals surface area contributed by atoms with Gasteiger partial charge in [0.15, 0.2) is 0 Å². The molecule has 2 heterocycles. The fraction of sp³-hybridized carbons (Fsp3) is 0.571. The van der Waals surface area contributed by atoms with E-state index in [1.54, 1.807) is 4.57 Å². The monoisotopic (exact) mass is 215 g/mol. The molecule has 1 aromatic rings. The van der Waals surface area contributed by atoms with Gasteiger partial charge in [0.25, 0.3) is 5.16 Å². The SMILES string of the molecule is CC1(CO)Cn2cc([N+](=O)[O-])nc2S1. The molecule has 0 aliphatic carbocycles. The van der Waals surface area contributed by atoms with Gasteiger partial charge < -0.3 is 15.2 Å². The maximum atomic E-state index is 10.4. The van der Waals surface area contributed by atoms with Crippen LogP contribution in [0.3, 0.4) is 0 Å². The van der Waals surface area contributed by atoms with Crippen LogP contribution in [-0.4, -0.2) is 30.9 Å². The second kappa shape index (κ2) is 2.96. The highest BCUT2D eigenvalue weighted by atomic mass is 32.2. The minimum absolute atomic E-state index is 0.0365. The quantitative estimate of drug-likeness (QED) is 0.578. The molecule has 0 radical (unpaired) electrons. The van der Waals surface area contributed by atoms with Crippen molar-refractivity contribution in [2.24, 2.45) is 0 Å². The molecule has 7 heteroatoms. The van der Waals surface area contributed by atoms with Crippen molar-refractivity contribution in [3.05, 3.63) is 16.3 Å². The summed E-state index contributed by atoms with van der Waals surface area (Å²) in [4.78, 5) is 13.7. The van der Waals surface area contributed by atoms with Crippen LogP contribution in [0.25, 0.3) is 0 Å². The third kappa shape index (κ3) is 1.38. The van der Waals surface area contributed by atoms with Gasteiger partial charge in [0.05, 0.1) is 11.4 Å². The molecular weight excluding hydrogens is 206 g/mol. The Labute approximate surface area is 84.1 Å². The van der Waals surface area contributed by atoms with Gasteiger partial charge in [-0.15, -0.1) is 0 Å². The molecule has 0 saturated heterocycles. The van der Waals surface area contributed by atoms with Crippen molar-refractivity contribution < 1.29 is 10.0 Å². The highest BCUT2D eigenvalue weighted by Gasteiger charge is 2.38. The number of rotatable bonds is 2. The van der Waals surface area contributed by atoms with Gasteiger partial charge in [-0.2, -0.15) is 0 Å². The van der Waals surface area contributed by atoms with Crippen LogP contribution in [-0.2, 0) is 6.54 Å². The molecule has 1 aromatic heterocycles. The Hall–Kier alpha value is -1.08. The molecular formula is C7H9N3O3S. The average Bonchev–Trinajstić information content (AvgIpc) is 2.59. The van der Waals surface area contributed by atoms with Gasteiger partial charge in [-0.1, -0.05) is 0 Å². The van der Waals surface area contributed by atoms with Crippen molar-refractivity contribution in [2.45, 2.75) is 23.4 Å². The molecule has 1 N–H and O–H groups in total. The Morgan fingerprint density at radius 2 is 2.64 bits per heavy atom. The molecule has 2 rings (SSSR count). The van der Waals surface area contributed by atoms with Crippen LogP contribution in [0, 0.1) is 10.1 Å². The second-order valence-corrected chi connectivity index (χ2v) is 5.03. The molecule has 6 nitrogen and oxygen atoms in total. The maximum Gasteiger partial charge on any atom is 0.382 e. The van der Waals surface area contributed by atoms with E-state index in [-0.39, 0.29) is 17.2 Å². The lowest BCUT2D eigenvalue weighted by atomic mass is 10.2. The predicted molar refractivity (Wildman–Crippen MR) is 50.2 cm³/mol. The predicted octanol–water partition coefficient (Wildman–Crippen LogP) is 0.648. The Morgan fingerprint density at radius 1 is 1.93 bits per heavy atom. The minimum atomic E-state index is -0.512. The Morgan fingerprint density at radius 3 is 3.14 bits per heavy atom. The molecule has 1 aliphatic rings. The van der Waals surface area contributed by atoms with Gasteiger partial charge >= 0.3 is 5.82 Å². The van der Waals surface area contributed by atoms with Crippen molar-refractivity contribution in [1.82, 2.24) is 9.55 Å². The fourth-order valence-corrected chi connectivity index (χ4v) is 2.45. The molecule has 14 heavy (non-hydrogen) atoms. The van der Waals surface area contributed by atoms with Gasteiger partial charge in [0, 0.05) is 6.54 Å². The van der Waals surface area contributed by atoms with E-state index in [1.165, 1.54) is 18.0 Å². The second-order valence-electron chi connectivity index (χ2n) is 3.48. The zero-order valence-corrected chi connectivity index (χ0v) is 8.32. The summed E-state index contributed by atoms with van der Waals surface area (Å²) in [7, 11) is 0. The number of nitrogens with zero attached hydrogens (tertiary/aromatic N) is 3. The van der Waals surface area contributed by atoms with E-state index in [0.717, 1.165) is 0 Å². The molecule has 0 amide bonds. The smallest absolute Gasteiger partial charge is 0.382 e. The highest BCUT2D eigenvalue weighted by molar-refractivity contribution is 8.00. The standard InChI is InChI=1S/C7H9N3O3S/c1-7(4-11)3-9-2-5(10(12)13)8-6(9)14-7/h2,11H,3-4H2,1H3. The molecule has 1 aliphatic heterocycles. The lowest BCUT2D eigenvalue weighted by Gasteiger charge is -2.16. The number of hydrogen-bond acceptors (Lipinski definition) is 5. The first kappa shape index (κ1) is 9.47. The summed E-state index contributed by atoms with van der Waals surface area (Å²) >= 11 is 1.37. The van der Waals surface area contributed by atoms with E-state index < -0.39 is 4.92 Å². The van der Waals surface area contributed by atoms with Crippen LogP contribution in [0.5, 0.6) is 0 Å². The average molecular weight is 215 g/mol. The summed E-state index contributed by atoms with van der Waals surface area (Å²) in [6.45, 7) is 2.50. The van der Waals surface area contributed by atoms with Crippen molar-refractivity contribution >= 4 is 17.6 Å². The molecule has 0 bridgehead atoms. The zero-order valence-electron chi connectivity index (χ0n) is 7.51. The first-order valence-electron chi connectivity index (χ1n) is 4.05. The zero-order chi connectivity index (χ0) is 10.3. The van der Waals surface area contributed by atoms with Crippen LogP contribution in [0.1, 0.15) is 6.92 Å². The van der Waals surface area contributed by atoms with E-state index in [4.69, 9.17) is 5.11 Å². The molecule has 0 fully saturated rings. The first-order valence-corrected chi connectivity index (χ1v) is 4.87. The lowest BCUT2D eigenvalue weighted by molar-refractivity contribution is -0.389. The van der Waals surface area contributed by atoms with Gasteiger partial charge in [0.1, 0.15) is 6.20 Å². The largest absolute Gasteiger partial charge is 0.395 e. The Kier molecular flexibility index (Phi) is 2.00. The number of hydrogen-bond donors (Lipinski definition) is 1. The van der Waals surface area contributed by atoms with Crippen LogP contribution >= 0.6 is 11.8 Å². The van der Waals surface area contributed by atoms with Crippen molar-refractivity contribution in [1.29, 1.82) is 0 Å². The van der Waals surface area contributed by atoms with Gasteiger partial charge in [0.2, 0.25) is 0 Å². The topological polar surface area (TPSA) is 81.2 Å². The van der Waals surface area contributed by atoms with E-state index >= 15 is 0 Å². The van der Waals surface area contributed by atoms with Gasteiger partial charge in [-0.25, -0.2) is 0 Å². The normalized spacial score (nSPS) is 25.0. The number of nitro groups is 1. The van der Waals surface area contributed by atoms with E-state index in [2.05, 4.69) is 4.98 Å². The number of imidazole rings is 1.